The SMILES string of the molecule is CCC(O)(CC)c1cc(I)ccc1F. The predicted molar refractivity (Wildman–Crippen MR) is 63.6 cm³/mol. The minimum absolute atomic E-state index is 0.323. The molecular formula is C11H14FIO. The Balaban J connectivity index is 3.22. The molecule has 0 amide bonds. The number of benzene rings is 1. The molecule has 0 aliphatic carbocycles. The molecule has 0 aliphatic heterocycles. The van der Waals surface area contributed by atoms with Gasteiger partial charge in [0.05, 0.1) is 5.60 Å². The third-order valence-corrected chi connectivity index (χ3v) is 3.27. The van der Waals surface area contributed by atoms with Crippen molar-refractivity contribution in [3.05, 3.63) is 33.1 Å². The van der Waals surface area contributed by atoms with Crippen molar-refractivity contribution in [3.63, 3.8) is 0 Å². The van der Waals surface area contributed by atoms with Crippen LogP contribution in [0.2, 0.25) is 0 Å². The smallest absolute Gasteiger partial charge is 0.129 e. The Labute approximate surface area is 97.5 Å². The van der Waals surface area contributed by atoms with Crippen LogP contribution in [0.3, 0.4) is 0 Å². The molecule has 1 nitrogen and oxygen atoms in total. The van der Waals surface area contributed by atoms with Gasteiger partial charge < -0.3 is 5.11 Å². The van der Waals surface area contributed by atoms with Gasteiger partial charge in [0.2, 0.25) is 0 Å². The highest BCUT2D eigenvalue weighted by Gasteiger charge is 2.28. The molecule has 1 aromatic carbocycles. The van der Waals surface area contributed by atoms with Crippen LogP contribution in [0.1, 0.15) is 32.3 Å². The zero-order valence-corrected chi connectivity index (χ0v) is 10.5. The second-order valence-electron chi connectivity index (χ2n) is 3.36. The van der Waals surface area contributed by atoms with Gasteiger partial charge >= 0.3 is 0 Å². The van der Waals surface area contributed by atoms with Crippen LogP contribution in [0.15, 0.2) is 18.2 Å². The van der Waals surface area contributed by atoms with Gasteiger partial charge in [0.15, 0.2) is 0 Å². The number of hydrogen-bond acceptors (Lipinski definition) is 1. The van der Waals surface area contributed by atoms with Gasteiger partial charge in [-0.3, -0.25) is 0 Å². The van der Waals surface area contributed by atoms with E-state index >= 15 is 0 Å². The summed E-state index contributed by atoms with van der Waals surface area (Å²) in [6, 6.07) is 4.82. The van der Waals surface area contributed by atoms with Crippen LogP contribution >= 0.6 is 22.6 Å². The van der Waals surface area contributed by atoms with E-state index in [1.165, 1.54) is 6.07 Å². The molecule has 1 rings (SSSR count). The highest BCUT2D eigenvalue weighted by molar-refractivity contribution is 14.1. The summed E-state index contributed by atoms with van der Waals surface area (Å²) in [5.74, 6) is -0.323. The van der Waals surface area contributed by atoms with Crippen molar-refractivity contribution in [3.8, 4) is 0 Å². The molecule has 0 bridgehead atoms. The first kappa shape index (κ1) is 11.9. The summed E-state index contributed by atoms with van der Waals surface area (Å²) >= 11 is 2.12. The van der Waals surface area contributed by atoms with Crippen molar-refractivity contribution in [1.29, 1.82) is 0 Å². The van der Waals surface area contributed by atoms with Gasteiger partial charge in [-0.1, -0.05) is 13.8 Å². The quantitative estimate of drug-likeness (QED) is 0.848. The summed E-state index contributed by atoms with van der Waals surface area (Å²) in [6.45, 7) is 3.73. The Hall–Kier alpha value is -0.160. The van der Waals surface area contributed by atoms with Crippen LogP contribution < -0.4 is 0 Å². The normalized spacial score (nSPS) is 11.8. The Bertz CT molecular complexity index is 321. The molecule has 0 saturated heterocycles. The van der Waals surface area contributed by atoms with Crippen LogP contribution in [0.4, 0.5) is 4.39 Å². The van der Waals surface area contributed by atoms with Gasteiger partial charge in [0.25, 0.3) is 0 Å². The third kappa shape index (κ3) is 2.25. The lowest BCUT2D eigenvalue weighted by Gasteiger charge is -2.26. The molecule has 0 fully saturated rings. The van der Waals surface area contributed by atoms with E-state index in [-0.39, 0.29) is 5.82 Å². The molecule has 14 heavy (non-hydrogen) atoms. The predicted octanol–water partition coefficient (Wildman–Crippen LogP) is 3.44. The Morgan fingerprint density at radius 1 is 1.36 bits per heavy atom. The summed E-state index contributed by atoms with van der Waals surface area (Å²) in [4.78, 5) is 0. The fourth-order valence-corrected chi connectivity index (χ4v) is 1.98. The average Bonchev–Trinajstić information content (AvgIpc) is 2.20. The van der Waals surface area contributed by atoms with Crippen LogP contribution in [-0.2, 0) is 5.60 Å². The fraction of sp³-hybridized carbons (Fsp3) is 0.455. The Kier molecular flexibility index (Phi) is 3.89. The first-order valence-corrected chi connectivity index (χ1v) is 5.79. The first-order valence-electron chi connectivity index (χ1n) is 4.71. The lowest BCUT2D eigenvalue weighted by atomic mass is 9.88. The van der Waals surface area contributed by atoms with Crippen molar-refractivity contribution in [2.75, 3.05) is 0 Å². The molecule has 78 valence electrons. The van der Waals surface area contributed by atoms with Crippen molar-refractivity contribution in [1.82, 2.24) is 0 Å². The van der Waals surface area contributed by atoms with Gasteiger partial charge in [-0.2, -0.15) is 0 Å². The van der Waals surface area contributed by atoms with Gasteiger partial charge in [0, 0.05) is 9.13 Å². The standard InChI is InChI=1S/C11H14FIO/c1-3-11(14,4-2)9-7-8(13)5-6-10(9)12/h5-7,14H,3-4H2,1-2H3. The third-order valence-electron chi connectivity index (χ3n) is 2.60. The van der Waals surface area contributed by atoms with E-state index in [4.69, 9.17) is 0 Å². The first-order chi connectivity index (χ1) is 6.53. The lowest BCUT2D eigenvalue weighted by molar-refractivity contribution is 0.0248. The minimum Gasteiger partial charge on any atom is -0.385 e. The van der Waals surface area contributed by atoms with Crippen LogP contribution in [-0.4, -0.2) is 5.11 Å². The Morgan fingerprint density at radius 3 is 2.43 bits per heavy atom. The monoisotopic (exact) mass is 308 g/mol. The van der Waals surface area contributed by atoms with E-state index in [1.807, 2.05) is 13.8 Å². The molecule has 1 aromatic rings. The number of halogens is 2. The molecule has 1 N–H and O–H groups in total. The van der Waals surface area contributed by atoms with E-state index in [2.05, 4.69) is 22.6 Å². The van der Waals surface area contributed by atoms with Crippen molar-refractivity contribution >= 4 is 22.6 Å². The molecule has 0 aliphatic rings. The highest BCUT2D eigenvalue weighted by atomic mass is 127. The summed E-state index contributed by atoms with van der Waals surface area (Å²) in [6.07, 6.45) is 1.06. The Morgan fingerprint density at radius 2 is 1.93 bits per heavy atom. The maximum Gasteiger partial charge on any atom is 0.129 e. The second kappa shape index (κ2) is 4.57. The van der Waals surface area contributed by atoms with E-state index in [0.717, 1.165) is 3.57 Å². The molecule has 0 spiro atoms. The molecular weight excluding hydrogens is 294 g/mol. The molecule has 3 heteroatoms. The van der Waals surface area contributed by atoms with E-state index in [9.17, 15) is 9.50 Å². The van der Waals surface area contributed by atoms with Gasteiger partial charge in [-0.15, -0.1) is 0 Å². The van der Waals surface area contributed by atoms with Crippen LogP contribution in [0, 0.1) is 9.39 Å². The summed E-state index contributed by atoms with van der Waals surface area (Å²) in [7, 11) is 0. The topological polar surface area (TPSA) is 20.2 Å². The number of rotatable bonds is 3. The number of hydrogen-bond donors (Lipinski definition) is 1. The second-order valence-corrected chi connectivity index (χ2v) is 4.61. The highest BCUT2D eigenvalue weighted by Crippen LogP contribution is 2.31. The maximum absolute atomic E-state index is 13.5. The van der Waals surface area contributed by atoms with E-state index < -0.39 is 5.60 Å². The van der Waals surface area contributed by atoms with E-state index in [1.54, 1.807) is 12.1 Å². The number of aliphatic hydroxyl groups is 1. The van der Waals surface area contributed by atoms with Gasteiger partial charge in [-0.05, 0) is 53.6 Å². The molecule has 0 heterocycles. The van der Waals surface area contributed by atoms with Gasteiger partial charge in [-0.25, -0.2) is 4.39 Å². The molecule has 0 atom stereocenters. The molecule has 0 unspecified atom stereocenters. The fourth-order valence-electron chi connectivity index (χ4n) is 1.49. The van der Waals surface area contributed by atoms with Crippen molar-refractivity contribution < 1.29 is 9.50 Å². The van der Waals surface area contributed by atoms with Crippen LogP contribution in [0.5, 0.6) is 0 Å². The minimum atomic E-state index is -1.02. The zero-order chi connectivity index (χ0) is 10.8. The van der Waals surface area contributed by atoms with Crippen molar-refractivity contribution in [2.45, 2.75) is 32.3 Å². The molecule has 0 aromatic heterocycles. The lowest BCUT2D eigenvalue weighted by Crippen LogP contribution is -2.25. The summed E-state index contributed by atoms with van der Waals surface area (Å²) in [5, 5.41) is 10.2. The van der Waals surface area contributed by atoms with Crippen LogP contribution in [0.25, 0.3) is 0 Å². The van der Waals surface area contributed by atoms with Gasteiger partial charge in [0.1, 0.15) is 5.82 Å². The zero-order valence-electron chi connectivity index (χ0n) is 8.35. The largest absolute Gasteiger partial charge is 0.385 e. The molecule has 0 saturated carbocycles. The average molecular weight is 308 g/mol. The maximum atomic E-state index is 13.5. The summed E-state index contributed by atoms with van der Waals surface area (Å²) in [5.41, 5.74) is -0.611. The van der Waals surface area contributed by atoms with E-state index in [0.29, 0.717) is 18.4 Å². The summed E-state index contributed by atoms with van der Waals surface area (Å²) < 4.78 is 14.4. The van der Waals surface area contributed by atoms with Crippen molar-refractivity contribution in [2.24, 2.45) is 0 Å². The molecule has 0 radical (unpaired) electrons.